The number of aryl methyl sites for hydroxylation is 1. The first-order chi connectivity index (χ1) is 15.5. The third-order valence-electron chi connectivity index (χ3n) is 5.58. The molecule has 0 radical (unpaired) electrons. The number of imide groups is 1. The summed E-state index contributed by atoms with van der Waals surface area (Å²) in [6, 6.07) is 5.71. The molecular formula is C22H21ClN4O3S2. The van der Waals surface area contributed by atoms with E-state index in [0.29, 0.717) is 5.02 Å². The van der Waals surface area contributed by atoms with Crippen molar-refractivity contribution in [3.8, 4) is 17.0 Å². The molecule has 0 bridgehead atoms. The number of nitrogens with zero attached hydrogens (tertiary/aromatic N) is 3. The predicted molar refractivity (Wildman–Crippen MR) is 128 cm³/mol. The molecule has 1 aromatic carbocycles. The van der Waals surface area contributed by atoms with Crippen molar-refractivity contribution in [2.75, 3.05) is 18.8 Å². The van der Waals surface area contributed by atoms with E-state index in [9.17, 15) is 9.59 Å². The number of piperidine rings is 1. The number of hydrogen-bond acceptors (Lipinski definition) is 8. The predicted octanol–water partition coefficient (Wildman–Crippen LogP) is 4.65. The minimum absolute atomic E-state index is 0.135. The first-order valence-electron chi connectivity index (χ1n) is 10.4. The van der Waals surface area contributed by atoms with Crippen LogP contribution < -0.4 is 10.1 Å². The van der Waals surface area contributed by atoms with Crippen LogP contribution >= 0.6 is 34.7 Å². The Bertz CT molecular complexity index is 1190. The molecular weight excluding hydrogens is 468 g/mol. The van der Waals surface area contributed by atoms with Crippen LogP contribution in [0.4, 0.5) is 4.79 Å². The number of carbonyl (C=O) groups is 2. The van der Waals surface area contributed by atoms with E-state index in [1.54, 1.807) is 0 Å². The molecule has 2 fully saturated rings. The van der Waals surface area contributed by atoms with Crippen LogP contribution in [0.15, 0.2) is 24.5 Å². The van der Waals surface area contributed by atoms with Gasteiger partial charge in [-0.05, 0) is 56.6 Å². The van der Waals surface area contributed by atoms with Crippen molar-refractivity contribution < 1.29 is 14.3 Å². The zero-order valence-electron chi connectivity index (χ0n) is 17.4. The van der Waals surface area contributed by atoms with Gasteiger partial charge in [-0.25, -0.2) is 9.97 Å². The lowest BCUT2D eigenvalue weighted by molar-refractivity contribution is -0.124. The van der Waals surface area contributed by atoms with E-state index in [-0.39, 0.29) is 29.5 Å². The van der Waals surface area contributed by atoms with E-state index in [4.69, 9.17) is 16.3 Å². The summed E-state index contributed by atoms with van der Waals surface area (Å²) < 4.78 is 7.34. The molecule has 7 nitrogen and oxygen atoms in total. The fourth-order valence-corrected chi connectivity index (χ4v) is 6.11. The summed E-state index contributed by atoms with van der Waals surface area (Å²) in [4.78, 5) is 35.2. The van der Waals surface area contributed by atoms with Gasteiger partial charge in [-0.3, -0.25) is 14.5 Å². The van der Waals surface area contributed by atoms with Gasteiger partial charge in [0.25, 0.3) is 5.24 Å². The molecule has 10 heteroatoms. The maximum Gasteiger partial charge on any atom is 0.289 e. The van der Waals surface area contributed by atoms with Crippen LogP contribution in [0.1, 0.15) is 23.3 Å². The van der Waals surface area contributed by atoms with Crippen molar-refractivity contribution >= 4 is 56.1 Å². The standard InChI is InChI=1S/C22H21ClN4O3S2/c1-12-6-13(23)7-16(20(12)30-14-2-4-24-5-3-14)19-21-17(25-11-26-19)8-15(32-21)9-27-18(28)10-31-22(27)29/h6-8,11,14,24H,2-5,9-10H2,1H3. The lowest BCUT2D eigenvalue weighted by Gasteiger charge is -2.26. The largest absolute Gasteiger partial charge is 0.489 e. The van der Waals surface area contributed by atoms with Crippen molar-refractivity contribution in [3.63, 3.8) is 0 Å². The van der Waals surface area contributed by atoms with Gasteiger partial charge in [0, 0.05) is 15.5 Å². The molecule has 1 N–H and O–H groups in total. The summed E-state index contributed by atoms with van der Waals surface area (Å²) in [6.45, 7) is 4.11. The minimum atomic E-state index is -0.207. The fraction of sp³-hybridized carbons (Fsp3) is 0.364. The highest BCUT2D eigenvalue weighted by Crippen LogP contribution is 2.41. The molecule has 2 aromatic heterocycles. The molecule has 4 heterocycles. The Hall–Kier alpha value is -2.20. The van der Waals surface area contributed by atoms with Crippen LogP contribution in [0.5, 0.6) is 5.75 Å². The maximum absolute atomic E-state index is 12.0. The molecule has 2 aliphatic rings. The summed E-state index contributed by atoms with van der Waals surface area (Å²) in [6.07, 6.45) is 3.55. The number of amides is 2. The molecule has 2 aliphatic heterocycles. The number of nitrogens with one attached hydrogen (secondary N) is 1. The number of benzene rings is 1. The first-order valence-corrected chi connectivity index (χ1v) is 12.6. The second-order valence-corrected chi connectivity index (χ2v) is 10.4. The molecule has 2 amide bonds. The summed E-state index contributed by atoms with van der Waals surface area (Å²) in [5.74, 6) is 0.831. The number of carbonyl (C=O) groups excluding carboxylic acids is 2. The summed E-state index contributed by atoms with van der Waals surface area (Å²) in [5.41, 5.74) is 3.31. The van der Waals surface area contributed by atoms with Gasteiger partial charge in [0.2, 0.25) is 5.91 Å². The van der Waals surface area contributed by atoms with Crippen LogP contribution in [0.3, 0.4) is 0 Å². The smallest absolute Gasteiger partial charge is 0.289 e. The number of aromatic nitrogens is 2. The number of rotatable bonds is 5. The number of thioether (sulfide) groups is 1. The molecule has 2 saturated heterocycles. The lowest BCUT2D eigenvalue weighted by Crippen LogP contribution is -2.34. The van der Waals surface area contributed by atoms with E-state index < -0.39 is 0 Å². The molecule has 0 atom stereocenters. The molecule has 0 unspecified atom stereocenters. The quantitative estimate of drug-likeness (QED) is 0.559. The van der Waals surface area contributed by atoms with Crippen LogP contribution in [-0.4, -0.2) is 51.0 Å². The lowest BCUT2D eigenvalue weighted by atomic mass is 10.0. The van der Waals surface area contributed by atoms with Crippen LogP contribution in [0, 0.1) is 6.92 Å². The van der Waals surface area contributed by atoms with Crippen LogP contribution in [-0.2, 0) is 11.3 Å². The number of hydrogen-bond donors (Lipinski definition) is 1. The number of halogens is 1. The third kappa shape index (κ3) is 4.22. The first kappa shape index (κ1) is 21.6. The molecule has 166 valence electrons. The zero-order chi connectivity index (χ0) is 22.2. The van der Waals surface area contributed by atoms with E-state index in [0.717, 1.165) is 75.4 Å². The third-order valence-corrected chi connectivity index (χ3v) is 7.77. The fourth-order valence-electron chi connectivity index (χ4n) is 4.01. The highest BCUT2D eigenvalue weighted by molar-refractivity contribution is 8.14. The topological polar surface area (TPSA) is 84.4 Å². The number of fused-ring (bicyclic) bond motifs is 1. The molecule has 5 rings (SSSR count). The highest BCUT2D eigenvalue weighted by Gasteiger charge is 2.30. The van der Waals surface area contributed by atoms with Crippen molar-refractivity contribution in [1.29, 1.82) is 0 Å². The zero-order valence-corrected chi connectivity index (χ0v) is 19.8. The SMILES string of the molecule is Cc1cc(Cl)cc(-c2ncnc3cc(CN4C(=O)CSC4=O)sc23)c1OC1CCNCC1. The monoisotopic (exact) mass is 488 g/mol. The van der Waals surface area contributed by atoms with Crippen molar-refractivity contribution in [2.24, 2.45) is 0 Å². The minimum Gasteiger partial charge on any atom is -0.489 e. The van der Waals surface area contributed by atoms with Crippen molar-refractivity contribution in [3.05, 3.63) is 40.0 Å². The van der Waals surface area contributed by atoms with E-state index in [1.165, 1.54) is 22.6 Å². The Morgan fingerprint density at radius 1 is 1.22 bits per heavy atom. The number of thiophene rings is 1. The summed E-state index contributed by atoms with van der Waals surface area (Å²) in [5, 5.41) is 3.77. The van der Waals surface area contributed by atoms with Gasteiger partial charge in [-0.15, -0.1) is 11.3 Å². The van der Waals surface area contributed by atoms with E-state index >= 15 is 0 Å². The molecule has 0 aliphatic carbocycles. The van der Waals surface area contributed by atoms with Gasteiger partial charge in [0.15, 0.2) is 0 Å². The molecule has 0 saturated carbocycles. The Morgan fingerprint density at radius 3 is 2.78 bits per heavy atom. The van der Waals surface area contributed by atoms with Crippen LogP contribution in [0.2, 0.25) is 5.02 Å². The Labute approximate surface area is 198 Å². The molecule has 0 spiro atoms. The van der Waals surface area contributed by atoms with Gasteiger partial charge in [-0.2, -0.15) is 0 Å². The summed E-state index contributed by atoms with van der Waals surface area (Å²) in [7, 11) is 0. The Morgan fingerprint density at radius 2 is 2.03 bits per heavy atom. The Balaban J connectivity index is 1.55. The highest BCUT2D eigenvalue weighted by atomic mass is 35.5. The van der Waals surface area contributed by atoms with Gasteiger partial charge in [0.05, 0.1) is 28.2 Å². The average Bonchev–Trinajstić information content (AvgIpc) is 3.34. The van der Waals surface area contributed by atoms with E-state index in [2.05, 4.69) is 15.3 Å². The second kappa shape index (κ2) is 8.97. The maximum atomic E-state index is 12.0. The van der Waals surface area contributed by atoms with E-state index in [1.807, 2.05) is 25.1 Å². The van der Waals surface area contributed by atoms with Crippen LogP contribution in [0.25, 0.3) is 21.5 Å². The summed E-state index contributed by atoms with van der Waals surface area (Å²) >= 11 is 8.95. The van der Waals surface area contributed by atoms with Gasteiger partial charge in [-0.1, -0.05) is 23.4 Å². The van der Waals surface area contributed by atoms with Gasteiger partial charge in [0.1, 0.15) is 18.2 Å². The van der Waals surface area contributed by atoms with Crippen molar-refractivity contribution in [2.45, 2.75) is 32.4 Å². The Kier molecular flexibility index (Phi) is 6.07. The second-order valence-electron chi connectivity index (χ2n) is 7.85. The van der Waals surface area contributed by atoms with Crippen molar-refractivity contribution in [1.82, 2.24) is 20.2 Å². The van der Waals surface area contributed by atoms with Gasteiger partial charge < -0.3 is 10.1 Å². The molecule has 3 aromatic rings. The normalized spacial score (nSPS) is 17.5. The number of ether oxygens (including phenoxy) is 1. The average molecular weight is 489 g/mol. The van der Waals surface area contributed by atoms with Gasteiger partial charge >= 0.3 is 0 Å². The molecule has 32 heavy (non-hydrogen) atoms.